The minimum absolute atomic E-state index is 0.0106. The number of alkyl halides is 2. The molecule has 0 bridgehead atoms. The molecule has 20 heteroatoms. The van der Waals surface area contributed by atoms with Gasteiger partial charge in [-0.15, -0.1) is 0 Å². The molecule has 3 saturated heterocycles. The number of ether oxygens (including phenoxy) is 1. The molecule has 5 aliphatic rings. The van der Waals surface area contributed by atoms with Crippen molar-refractivity contribution in [3.8, 4) is 0 Å². The van der Waals surface area contributed by atoms with Crippen molar-refractivity contribution in [2.24, 2.45) is 5.92 Å². The van der Waals surface area contributed by atoms with Crippen LogP contribution in [0.1, 0.15) is 107 Å². The summed E-state index contributed by atoms with van der Waals surface area (Å²) < 4.78 is 37.1. The second kappa shape index (κ2) is 18.7. The molecule has 5 amide bonds. The Kier molecular flexibility index (Phi) is 12.7. The fourth-order valence-corrected chi connectivity index (χ4v) is 9.92. The van der Waals surface area contributed by atoms with E-state index in [1.165, 1.54) is 16.9 Å². The number of likely N-dealkylation sites (tertiary alicyclic amines) is 1. The molecule has 1 aromatic carbocycles. The highest BCUT2D eigenvalue weighted by Crippen LogP contribution is 2.36. The van der Waals surface area contributed by atoms with Gasteiger partial charge in [-0.1, -0.05) is 6.07 Å². The SMILES string of the molecule is CN(CCCNc1cccc2c1C(=O)N(C1CCC(=O)NC1=O)C2=O)C1CCN(CC2CCC(n3cc(NC(=O)c4cnn5ccc(N6CCOCC6)nc45)c(C(F)F)n3)CC2)CC1. The number of amides is 5. The molecule has 9 rings (SSSR count). The number of piperidine rings is 2. The lowest BCUT2D eigenvalue weighted by Crippen LogP contribution is -2.54. The number of hydrogen-bond donors (Lipinski definition) is 3. The van der Waals surface area contributed by atoms with Gasteiger partial charge in [-0.3, -0.25) is 38.9 Å². The average molecular weight is 885 g/mol. The second-order valence-corrected chi connectivity index (χ2v) is 17.5. The van der Waals surface area contributed by atoms with Crippen molar-refractivity contribution in [3.05, 3.63) is 65.2 Å². The first-order valence-corrected chi connectivity index (χ1v) is 22.4. The summed E-state index contributed by atoms with van der Waals surface area (Å²) in [7, 11) is 2.15. The van der Waals surface area contributed by atoms with Gasteiger partial charge in [0.2, 0.25) is 11.8 Å². The van der Waals surface area contributed by atoms with Crippen molar-refractivity contribution in [3.63, 3.8) is 0 Å². The predicted molar refractivity (Wildman–Crippen MR) is 230 cm³/mol. The first-order valence-electron chi connectivity index (χ1n) is 22.4. The second-order valence-electron chi connectivity index (χ2n) is 17.5. The molecule has 340 valence electrons. The number of fused-ring (bicyclic) bond motifs is 2. The zero-order valence-corrected chi connectivity index (χ0v) is 35.9. The summed E-state index contributed by atoms with van der Waals surface area (Å²) >= 11 is 0. The Hall–Kier alpha value is -5.86. The van der Waals surface area contributed by atoms with Crippen LogP contribution in [0.4, 0.5) is 26.0 Å². The van der Waals surface area contributed by atoms with Crippen molar-refractivity contribution >= 4 is 52.4 Å². The lowest BCUT2D eigenvalue weighted by molar-refractivity contribution is -0.136. The average Bonchev–Trinajstić information content (AvgIpc) is 4.00. The number of hydrogen-bond acceptors (Lipinski definition) is 13. The maximum absolute atomic E-state index is 14.3. The van der Waals surface area contributed by atoms with Crippen LogP contribution in [0.3, 0.4) is 0 Å². The highest BCUT2D eigenvalue weighted by molar-refractivity contribution is 6.25. The van der Waals surface area contributed by atoms with E-state index in [0.29, 0.717) is 62.0 Å². The van der Waals surface area contributed by atoms with Gasteiger partial charge in [0.1, 0.15) is 17.4 Å². The molecule has 4 fully saturated rings. The number of nitrogens with one attached hydrogen (secondary N) is 3. The van der Waals surface area contributed by atoms with Gasteiger partial charge in [0.05, 0.1) is 42.3 Å². The normalized spacial score (nSPS) is 22.5. The zero-order valence-electron chi connectivity index (χ0n) is 35.9. The first kappa shape index (κ1) is 43.4. The molecule has 1 aliphatic carbocycles. The van der Waals surface area contributed by atoms with E-state index in [1.54, 1.807) is 29.1 Å². The Bertz CT molecular complexity index is 2400. The molecule has 4 aromatic rings. The number of rotatable bonds is 14. The number of aromatic nitrogens is 5. The van der Waals surface area contributed by atoms with Crippen molar-refractivity contribution in [2.75, 3.05) is 81.6 Å². The molecule has 1 unspecified atom stereocenters. The highest BCUT2D eigenvalue weighted by atomic mass is 19.3. The monoisotopic (exact) mass is 884 g/mol. The van der Waals surface area contributed by atoms with Crippen LogP contribution in [0.25, 0.3) is 5.65 Å². The molecule has 0 spiro atoms. The summed E-state index contributed by atoms with van der Waals surface area (Å²) in [6.07, 6.45) is 8.45. The molecule has 4 aliphatic heterocycles. The van der Waals surface area contributed by atoms with Gasteiger partial charge < -0.3 is 30.1 Å². The van der Waals surface area contributed by atoms with Gasteiger partial charge in [0.25, 0.3) is 24.1 Å². The minimum Gasteiger partial charge on any atom is -0.384 e. The van der Waals surface area contributed by atoms with E-state index in [0.717, 1.165) is 76.0 Å². The topological polar surface area (TPSA) is 192 Å². The molecule has 18 nitrogen and oxygen atoms in total. The molecular weight excluding hydrogens is 831 g/mol. The number of morpholine rings is 1. The quantitative estimate of drug-likeness (QED) is 0.122. The summed E-state index contributed by atoms with van der Waals surface area (Å²) in [5.74, 6) is -1.46. The maximum Gasteiger partial charge on any atom is 0.284 e. The Balaban J connectivity index is 0.713. The smallest absolute Gasteiger partial charge is 0.284 e. The number of anilines is 3. The zero-order chi connectivity index (χ0) is 44.5. The van der Waals surface area contributed by atoms with Gasteiger partial charge in [-0.05, 0) is 102 Å². The summed E-state index contributed by atoms with van der Waals surface area (Å²) in [5.41, 5.74) is 1.14. The largest absolute Gasteiger partial charge is 0.384 e. The van der Waals surface area contributed by atoms with Gasteiger partial charge >= 0.3 is 0 Å². The van der Waals surface area contributed by atoms with Crippen LogP contribution in [-0.2, 0) is 14.3 Å². The van der Waals surface area contributed by atoms with Crippen molar-refractivity contribution in [2.45, 2.75) is 82.3 Å². The third kappa shape index (κ3) is 8.94. The minimum atomic E-state index is -2.86. The highest BCUT2D eigenvalue weighted by Gasteiger charge is 2.45. The maximum atomic E-state index is 14.3. The number of imide groups is 2. The molecule has 7 heterocycles. The predicted octanol–water partition coefficient (Wildman–Crippen LogP) is 3.98. The number of halogens is 2. The van der Waals surface area contributed by atoms with E-state index in [1.807, 2.05) is 6.07 Å². The number of benzene rings is 1. The molecule has 1 saturated carbocycles. The Morgan fingerprint density at radius 2 is 1.75 bits per heavy atom. The van der Waals surface area contributed by atoms with Crippen molar-refractivity contribution < 1.29 is 37.5 Å². The first-order chi connectivity index (χ1) is 31.0. The molecule has 3 N–H and O–H groups in total. The van der Waals surface area contributed by atoms with Gasteiger partial charge in [0, 0.05) is 56.7 Å². The Labute approximate surface area is 368 Å². The van der Waals surface area contributed by atoms with Gasteiger partial charge in [0.15, 0.2) is 11.3 Å². The van der Waals surface area contributed by atoms with Crippen LogP contribution in [0.2, 0.25) is 0 Å². The fourth-order valence-electron chi connectivity index (χ4n) is 9.92. The summed E-state index contributed by atoms with van der Waals surface area (Å²) in [6, 6.07) is 6.32. The fraction of sp³-hybridized carbons (Fsp3) is 0.545. The van der Waals surface area contributed by atoms with E-state index in [2.05, 4.69) is 52.9 Å². The Morgan fingerprint density at radius 1 is 0.969 bits per heavy atom. The number of carbonyl (C=O) groups is 5. The van der Waals surface area contributed by atoms with E-state index in [-0.39, 0.29) is 41.3 Å². The molecule has 1 atom stereocenters. The summed E-state index contributed by atoms with van der Waals surface area (Å²) in [4.78, 5) is 76.9. The lowest BCUT2D eigenvalue weighted by atomic mass is 9.85. The van der Waals surface area contributed by atoms with Crippen LogP contribution >= 0.6 is 0 Å². The standard InChI is InChI=1S/C44H54F2N12O6/c1-53(16-3-15-47-32-5-2-4-30-37(32)44(63)58(43(30)62)34-10-11-36(59)51-42(34)61)28-12-17-54(18-13-28)25-27-6-8-29(9-7-27)57-26-33(38(52-57)39(45)46)49-41(60)31-24-48-56-19-14-35(50-40(31)56)55-20-22-64-23-21-55/h2,4-5,14,19,24,26-29,34,39,47H,3,6-13,15-18,20-23,25H2,1H3,(H,49,60)(H,51,59,61). The van der Waals surface area contributed by atoms with E-state index >= 15 is 0 Å². The summed E-state index contributed by atoms with van der Waals surface area (Å²) in [5, 5.41) is 16.8. The van der Waals surface area contributed by atoms with Crippen LogP contribution in [0.15, 0.2) is 42.9 Å². The van der Waals surface area contributed by atoms with Crippen LogP contribution < -0.4 is 20.9 Å². The summed E-state index contributed by atoms with van der Waals surface area (Å²) in [6.45, 7) is 6.96. The molecular formula is C44H54F2N12O6. The third-order valence-electron chi connectivity index (χ3n) is 13.5. The van der Waals surface area contributed by atoms with Crippen molar-refractivity contribution in [1.29, 1.82) is 0 Å². The van der Waals surface area contributed by atoms with E-state index in [4.69, 9.17) is 4.74 Å². The molecule has 64 heavy (non-hydrogen) atoms. The van der Waals surface area contributed by atoms with Crippen molar-refractivity contribution in [1.82, 2.24) is 44.4 Å². The Morgan fingerprint density at radius 3 is 2.50 bits per heavy atom. The van der Waals surface area contributed by atoms with Crippen LogP contribution in [0, 0.1) is 5.92 Å². The lowest BCUT2D eigenvalue weighted by Gasteiger charge is -2.39. The van der Waals surface area contributed by atoms with E-state index in [9.17, 15) is 32.8 Å². The third-order valence-corrected chi connectivity index (χ3v) is 13.5. The number of carbonyl (C=O) groups excluding carboxylic acids is 5. The molecule has 0 radical (unpaired) electrons. The number of nitrogens with zero attached hydrogens (tertiary/aromatic N) is 9. The van der Waals surface area contributed by atoms with Gasteiger partial charge in [-0.25, -0.2) is 18.3 Å². The van der Waals surface area contributed by atoms with Crippen LogP contribution in [-0.4, -0.2) is 147 Å². The van der Waals surface area contributed by atoms with E-state index < -0.39 is 47.7 Å². The molecule has 3 aromatic heterocycles. The van der Waals surface area contributed by atoms with Crippen LogP contribution in [0.5, 0.6) is 0 Å². The van der Waals surface area contributed by atoms with Gasteiger partial charge in [-0.2, -0.15) is 10.2 Å².